The summed E-state index contributed by atoms with van der Waals surface area (Å²) in [4.78, 5) is 12.2. The fourth-order valence-corrected chi connectivity index (χ4v) is 2.54. The lowest BCUT2D eigenvalue weighted by Crippen LogP contribution is -2.34. The van der Waals surface area contributed by atoms with Crippen LogP contribution in [-0.4, -0.2) is 18.2 Å². The SMILES string of the molecule is CC(Nc1ccc(Cl)cc1)C(=O)NN=Cc1cccc(Oc2ccccc2)c1. The molecule has 1 amide bonds. The van der Waals surface area contributed by atoms with E-state index in [0.717, 1.165) is 17.0 Å². The standard InChI is InChI=1S/C22H20ClN3O2/c1-16(25-19-12-10-18(23)11-13-19)22(27)26-24-15-17-6-5-9-21(14-17)28-20-7-3-2-4-8-20/h2-16,25H,1H3,(H,26,27). The highest BCUT2D eigenvalue weighted by Crippen LogP contribution is 2.21. The van der Waals surface area contributed by atoms with Crippen LogP contribution in [0.1, 0.15) is 12.5 Å². The second-order valence-electron chi connectivity index (χ2n) is 6.09. The molecule has 0 aliphatic carbocycles. The van der Waals surface area contributed by atoms with Gasteiger partial charge in [0.1, 0.15) is 17.5 Å². The van der Waals surface area contributed by atoms with Crippen LogP contribution in [0.25, 0.3) is 0 Å². The van der Waals surface area contributed by atoms with Crippen LogP contribution >= 0.6 is 11.6 Å². The van der Waals surface area contributed by atoms with Gasteiger partial charge in [0.05, 0.1) is 6.21 Å². The number of ether oxygens (including phenoxy) is 1. The molecule has 0 bridgehead atoms. The summed E-state index contributed by atoms with van der Waals surface area (Å²) in [5.41, 5.74) is 4.15. The zero-order chi connectivity index (χ0) is 19.8. The highest BCUT2D eigenvalue weighted by atomic mass is 35.5. The van der Waals surface area contributed by atoms with E-state index in [1.807, 2.05) is 66.7 Å². The molecular weight excluding hydrogens is 374 g/mol. The third-order valence-electron chi connectivity index (χ3n) is 3.85. The number of halogens is 1. The van der Waals surface area contributed by atoms with Crippen LogP contribution in [0.2, 0.25) is 5.02 Å². The van der Waals surface area contributed by atoms with Crippen molar-refractivity contribution in [1.29, 1.82) is 0 Å². The average molecular weight is 394 g/mol. The zero-order valence-corrected chi connectivity index (χ0v) is 16.1. The lowest BCUT2D eigenvalue weighted by molar-refractivity contribution is -0.121. The van der Waals surface area contributed by atoms with Crippen molar-refractivity contribution in [1.82, 2.24) is 5.43 Å². The summed E-state index contributed by atoms with van der Waals surface area (Å²) in [5.74, 6) is 1.20. The third kappa shape index (κ3) is 5.86. The molecule has 6 heteroatoms. The smallest absolute Gasteiger partial charge is 0.262 e. The highest BCUT2D eigenvalue weighted by molar-refractivity contribution is 6.30. The first-order chi connectivity index (χ1) is 13.6. The molecule has 0 aromatic heterocycles. The van der Waals surface area contributed by atoms with Crippen molar-refractivity contribution in [3.8, 4) is 11.5 Å². The van der Waals surface area contributed by atoms with Gasteiger partial charge in [0.25, 0.3) is 5.91 Å². The Morgan fingerprint density at radius 3 is 2.46 bits per heavy atom. The Kier molecular flexibility index (Phi) is 6.65. The number of hydrogen-bond donors (Lipinski definition) is 2. The van der Waals surface area contributed by atoms with Crippen LogP contribution < -0.4 is 15.5 Å². The van der Waals surface area contributed by atoms with Crippen molar-refractivity contribution in [2.24, 2.45) is 5.10 Å². The minimum atomic E-state index is -0.453. The van der Waals surface area contributed by atoms with E-state index in [1.165, 1.54) is 0 Å². The summed E-state index contributed by atoms with van der Waals surface area (Å²) < 4.78 is 5.79. The second kappa shape index (κ2) is 9.58. The Morgan fingerprint density at radius 2 is 1.71 bits per heavy atom. The van der Waals surface area contributed by atoms with Crippen LogP contribution in [0.3, 0.4) is 0 Å². The minimum absolute atomic E-state index is 0.247. The number of carbonyl (C=O) groups excluding carboxylic acids is 1. The zero-order valence-electron chi connectivity index (χ0n) is 15.3. The molecule has 5 nitrogen and oxygen atoms in total. The van der Waals surface area contributed by atoms with Gasteiger partial charge in [-0.2, -0.15) is 5.10 Å². The molecule has 0 aliphatic heterocycles. The summed E-state index contributed by atoms with van der Waals surface area (Å²) in [5, 5.41) is 7.76. The normalized spacial score (nSPS) is 11.8. The van der Waals surface area contributed by atoms with Gasteiger partial charge in [0.15, 0.2) is 0 Å². The summed E-state index contributed by atoms with van der Waals surface area (Å²) >= 11 is 5.86. The van der Waals surface area contributed by atoms with E-state index in [1.54, 1.807) is 25.3 Å². The number of benzene rings is 3. The number of nitrogens with one attached hydrogen (secondary N) is 2. The first-order valence-electron chi connectivity index (χ1n) is 8.78. The van der Waals surface area contributed by atoms with Gasteiger partial charge >= 0.3 is 0 Å². The number of para-hydroxylation sites is 1. The Bertz CT molecular complexity index is 944. The lowest BCUT2D eigenvalue weighted by atomic mass is 10.2. The molecule has 0 saturated carbocycles. The first kappa shape index (κ1) is 19.5. The van der Waals surface area contributed by atoms with Crippen molar-refractivity contribution in [3.63, 3.8) is 0 Å². The Labute approximate surface area is 169 Å². The maximum absolute atomic E-state index is 12.2. The molecule has 0 radical (unpaired) electrons. The van der Waals surface area contributed by atoms with Crippen molar-refractivity contribution >= 4 is 29.4 Å². The van der Waals surface area contributed by atoms with E-state index >= 15 is 0 Å². The molecular formula is C22H20ClN3O2. The molecule has 0 heterocycles. The number of nitrogens with zero attached hydrogens (tertiary/aromatic N) is 1. The lowest BCUT2D eigenvalue weighted by Gasteiger charge is -2.13. The number of hydrogen-bond acceptors (Lipinski definition) is 4. The topological polar surface area (TPSA) is 62.7 Å². The van der Waals surface area contributed by atoms with E-state index in [-0.39, 0.29) is 5.91 Å². The number of carbonyl (C=O) groups is 1. The monoisotopic (exact) mass is 393 g/mol. The summed E-state index contributed by atoms with van der Waals surface area (Å²) in [6.45, 7) is 1.76. The molecule has 1 atom stereocenters. The third-order valence-corrected chi connectivity index (χ3v) is 4.10. The summed E-state index contributed by atoms with van der Waals surface area (Å²) in [6.07, 6.45) is 1.57. The van der Waals surface area contributed by atoms with Crippen LogP contribution in [-0.2, 0) is 4.79 Å². The molecule has 0 aliphatic rings. The highest BCUT2D eigenvalue weighted by Gasteiger charge is 2.11. The molecule has 1 unspecified atom stereocenters. The molecule has 0 saturated heterocycles. The Balaban J connectivity index is 1.54. The van der Waals surface area contributed by atoms with E-state index in [9.17, 15) is 4.79 Å². The Morgan fingerprint density at radius 1 is 1.00 bits per heavy atom. The number of rotatable bonds is 7. The number of amides is 1. The molecule has 3 aromatic carbocycles. The molecule has 0 fully saturated rings. The summed E-state index contributed by atoms with van der Waals surface area (Å²) in [6, 6.07) is 23.7. The second-order valence-corrected chi connectivity index (χ2v) is 6.53. The molecule has 0 spiro atoms. The van der Waals surface area contributed by atoms with Crippen molar-refractivity contribution in [2.75, 3.05) is 5.32 Å². The largest absolute Gasteiger partial charge is 0.457 e. The van der Waals surface area contributed by atoms with Gasteiger partial charge in [-0.05, 0) is 61.0 Å². The summed E-state index contributed by atoms with van der Waals surface area (Å²) in [7, 11) is 0. The number of hydrazone groups is 1. The van der Waals surface area contributed by atoms with E-state index in [0.29, 0.717) is 10.8 Å². The van der Waals surface area contributed by atoms with Gasteiger partial charge in [-0.3, -0.25) is 4.79 Å². The van der Waals surface area contributed by atoms with Gasteiger partial charge in [-0.1, -0.05) is 41.9 Å². The van der Waals surface area contributed by atoms with E-state index < -0.39 is 6.04 Å². The van der Waals surface area contributed by atoms with Crippen LogP contribution in [0.4, 0.5) is 5.69 Å². The molecule has 3 rings (SSSR count). The predicted molar refractivity (Wildman–Crippen MR) is 113 cm³/mol. The van der Waals surface area contributed by atoms with Crippen molar-refractivity contribution < 1.29 is 9.53 Å². The first-order valence-corrected chi connectivity index (χ1v) is 9.16. The van der Waals surface area contributed by atoms with Crippen LogP contribution in [0.5, 0.6) is 11.5 Å². The predicted octanol–water partition coefficient (Wildman–Crippen LogP) is 5.08. The van der Waals surface area contributed by atoms with Crippen molar-refractivity contribution in [3.05, 3.63) is 89.4 Å². The Hall–Kier alpha value is -3.31. The van der Waals surface area contributed by atoms with Gasteiger partial charge in [-0.15, -0.1) is 0 Å². The molecule has 142 valence electrons. The fourth-order valence-electron chi connectivity index (χ4n) is 2.41. The van der Waals surface area contributed by atoms with Gasteiger partial charge < -0.3 is 10.1 Å². The van der Waals surface area contributed by atoms with Gasteiger partial charge in [-0.25, -0.2) is 5.43 Å². The molecule has 2 N–H and O–H groups in total. The van der Waals surface area contributed by atoms with Gasteiger partial charge in [0, 0.05) is 10.7 Å². The maximum Gasteiger partial charge on any atom is 0.262 e. The minimum Gasteiger partial charge on any atom is -0.457 e. The molecule has 3 aromatic rings. The van der Waals surface area contributed by atoms with Crippen molar-refractivity contribution in [2.45, 2.75) is 13.0 Å². The van der Waals surface area contributed by atoms with Crippen LogP contribution in [0, 0.1) is 0 Å². The molecule has 28 heavy (non-hydrogen) atoms. The number of anilines is 1. The fraction of sp³-hybridized carbons (Fsp3) is 0.0909. The van der Waals surface area contributed by atoms with E-state index in [4.69, 9.17) is 16.3 Å². The van der Waals surface area contributed by atoms with Crippen LogP contribution in [0.15, 0.2) is 84.0 Å². The quantitative estimate of drug-likeness (QED) is 0.434. The van der Waals surface area contributed by atoms with E-state index in [2.05, 4.69) is 15.8 Å². The average Bonchev–Trinajstić information content (AvgIpc) is 2.71. The maximum atomic E-state index is 12.2. The van der Waals surface area contributed by atoms with Gasteiger partial charge in [0.2, 0.25) is 0 Å².